The van der Waals surface area contributed by atoms with Crippen LogP contribution in [0.3, 0.4) is 0 Å². The molecule has 2 N–H and O–H groups in total. The number of ether oxygens (including phenoxy) is 1. The van der Waals surface area contributed by atoms with Crippen LogP contribution in [0.25, 0.3) is 10.9 Å². The minimum atomic E-state index is -0.724. The number of hydrogen-bond acceptors (Lipinski definition) is 3. The van der Waals surface area contributed by atoms with Gasteiger partial charge in [-0.2, -0.15) is 0 Å². The molecule has 0 spiro atoms. The first-order valence-electron chi connectivity index (χ1n) is 6.60. The number of esters is 1. The van der Waals surface area contributed by atoms with Crippen molar-refractivity contribution in [3.63, 3.8) is 0 Å². The molecule has 0 amide bonds. The van der Waals surface area contributed by atoms with Crippen LogP contribution < -0.4 is 5.73 Å². The van der Waals surface area contributed by atoms with Gasteiger partial charge in [-0.3, -0.25) is 0 Å². The number of rotatable bonds is 4. The van der Waals surface area contributed by atoms with E-state index in [0.29, 0.717) is 6.61 Å². The predicted molar refractivity (Wildman–Crippen MR) is 75.9 cm³/mol. The highest BCUT2D eigenvalue weighted by Crippen LogP contribution is 2.27. The smallest absolute Gasteiger partial charge is 0.327 e. The SMILES string of the molecule is CCOC(=O)C(N)c1cn(CC)c2cc(C)ccc12. The Morgan fingerprint density at radius 3 is 2.79 bits per heavy atom. The van der Waals surface area contributed by atoms with Crippen LogP contribution in [0.2, 0.25) is 0 Å². The van der Waals surface area contributed by atoms with Gasteiger partial charge in [-0.05, 0) is 32.4 Å². The zero-order chi connectivity index (χ0) is 14.0. The average molecular weight is 260 g/mol. The Kier molecular flexibility index (Phi) is 3.90. The summed E-state index contributed by atoms with van der Waals surface area (Å²) in [5, 5.41) is 1.02. The number of aryl methyl sites for hydroxylation is 2. The first-order chi connectivity index (χ1) is 9.08. The molecule has 1 atom stereocenters. The molecule has 1 unspecified atom stereocenters. The summed E-state index contributed by atoms with van der Waals surface area (Å²) in [6.07, 6.45) is 1.95. The number of nitrogens with two attached hydrogens (primary N) is 1. The van der Waals surface area contributed by atoms with Gasteiger partial charge in [0.05, 0.1) is 6.61 Å². The van der Waals surface area contributed by atoms with Crippen LogP contribution in [0.5, 0.6) is 0 Å². The minimum absolute atomic E-state index is 0.345. The van der Waals surface area contributed by atoms with Crippen LogP contribution in [0.4, 0.5) is 0 Å². The third-order valence-electron chi connectivity index (χ3n) is 3.28. The molecule has 0 aliphatic heterocycles. The van der Waals surface area contributed by atoms with Gasteiger partial charge in [-0.1, -0.05) is 12.1 Å². The Morgan fingerprint density at radius 1 is 1.42 bits per heavy atom. The van der Waals surface area contributed by atoms with Crippen molar-refractivity contribution in [2.75, 3.05) is 6.61 Å². The fourth-order valence-electron chi connectivity index (χ4n) is 2.30. The zero-order valence-corrected chi connectivity index (χ0v) is 11.6. The van der Waals surface area contributed by atoms with E-state index >= 15 is 0 Å². The van der Waals surface area contributed by atoms with E-state index in [2.05, 4.69) is 24.5 Å². The van der Waals surface area contributed by atoms with Gasteiger partial charge in [0.25, 0.3) is 0 Å². The monoisotopic (exact) mass is 260 g/mol. The largest absolute Gasteiger partial charge is 0.465 e. The molecule has 0 aliphatic rings. The van der Waals surface area contributed by atoms with E-state index in [1.54, 1.807) is 6.92 Å². The van der Waals surface area contributed by atoms with Gasteiger partial charge < -0.3 is 15.0 Å². The molecule has 2 aromatic rings. The molecule has 1 heterocycles. The molecule has 0 bridgehead atoms. The number of benzene rings is 1. The molecule has 0 saturated heterocycles. The number of nitrogens with zero attached hydrogens (tertiary/aromatic N) is 1. The molecule has 0 fully saturated rings. The van der Waals surface area contributed by atoms with E-state index in [1.807, 2.05) is 18.3 Å². The van der Waals surface area contributed by atoms with Crippen molar-refractivity contribution in [1.82, 2.24) is 4.57 Å². The van der Waals surface area contributed by atoms with Gasteiger partial charge in [-0.25, -0.2) is 4.79 Å². The summed E-state index contributed by atoms with van der Waals surface area (Å²) in [7, 11) is 0. The number of carbonyl (C=O) groups excluding carboxylic acids is 1. The van der Waals surface area contributed by atoms with Crippen molar-refractivity contribution in [1.29, 1.82) is 0 Å². The lowest BCUT2D eigenvalue weighted by atomic mass is 10.1. The first kappa shape index (κ1) is 13.6. The normalized spacial score (nSPS) is 12.6. The van der Waals surface area contributed by atoms with Crippen molar-refractivity contribution in [3.05, 3.63) is 35.5 Å². The molecule has 0 aliphatic carbocycles. The van der Waals surface area contributed by atoms with Crippen LogP contribution in [0.15, 0.2) is 24.4 Å². The Bertz CT molecular complexity index is 601. The van der Waals surface area contributed by atoms with Gasteiger partial charge in [0, 0.05) is 29.2 Å². The fourth-order valence-corrected chi connectivity index (χ4v) is 2.30. The molecular weight excluding hydrogens is 240 g/mol. The predicted octanol–water partition coefficient (Wildman–Crippen LogP) is 2.53. The quantitative estimate of drug-likeness (QED) is 0.859. The van der Waals surface area contributed by atoms with E-state index in [-0.39, 0.29) is 5.97 Å². The third kappa shape index (κ3) is 2.49. The zero-order valence-electron chi connectivity index (χ0n) is 11.6. The number of fused-ring (bicyclic) bond motifs is 1. The number of carbonyl (C=O) groups is 1. The molecule has 2 rings (SSSR count). The van der Waals surface area contributed by atoms with E-state index in [0.717, 1.165) is 23.0 Å². The van der Waals surface area contributed by atoms with Crippen LogP contribution in [-0.2, 0) is 16.1 Å². The van der Waals surface area contributed by atoms with Gasteiger partial charge in [0.15, 0.2) is 0 Å². The van der Waals surface area contributed by atoms with Crippen molar-refractivity contribution in [2.24, 2.45) is 5.73 Å². The summed E-state index contributed by atoms with van der Waals surface area (Å²) in [5.74, 6) is -0.377. The van der Waals surface area contributed by atoms with Crippen LogP contribution in [-0.4, -0.2) is 17.1 Å². The fraction of sp³-hybridized carbons (Fsp3) is 0.400. The van der Waals surface area contributed by atoms with Gasteiger partial charge >= 0.3 is 5.97 Å². The van der Waals surface area contributed by atoms with E-state index in [9.17, 15) is 4.79 Å². The maximum Gasteiger partial charge on any atom is 0.327 e. The molecule has 0 saturated carbocycles. The van der Waals surface area contributed by atoms with E-state index in [4.69, 9.17) is 10.5 Å². The second-order valence-corrected chi connectivity index (χ2v) is 4.62. The molecule has 19 heavy (non-hydrogen) atoms. The van der Waals surface area contributed by atoms with E-state index < -0.39 is 6.04 Å². The standard InChI is InChI=1S/C15H20N2O2/c1-4-17-9-12(14(16)15(18)19-5-2)11-7-6-10(3)8-13(11)17/h6-9,14H,4-5,16H2,1-3H3. The molecule has 102 valence electrons. The Hall–Kier alpha value is -1.81. The lowest BCUT2D eigenvalue weighted by Crippen LogP contribution is -2.23. The van der Waals surface area contributed by atoms with Crippen LogP contribution in [0.1, 0.15) is 31.0 Å². The second kappa shape index (κ2) is 5.45. The average Bonchev–Trinajstić information content (AvgIpc) is 2.76. The molecule has 1 aromatic heterocycles. The molecule has 0 radical (unpaired) electrons. The highest BCUT2D eigenvalue weighted by molar-refractivity contribution is 5.90. The van der Waals surface area contributed by atoms with Crippen LogP contribution >= 0.6 is 0 Å². The highest BCUT2D eigenvalue weighted by Gasteiger charge is 2.21. The topological polar surface area (TPSA) is 57.2 Å². The minimum Gasteiger partial charge on any atom is -0.465 e. The summed E-state index contributed by atoms with van der Waals surface area (Å²) >= 11 is 0. The molecule has 4 heteroatoms. The molecule has 1 aromatic carbocycles. The number of hydrogen-bond donors (Lipinski definition) is 1. The number of aromatic nitrogens is 1. The Labute approximate surface area is 113 Å². The molecular formula is C15H20N2O2. The Morgan fingerprint density at radius 2 is 2.16 bits per heavy atom. The van der Waals surface area contributed by atoms with Crippen molar-refractivity contribution < 1.29 is 9.53 Å². The van der Waals surface area contributed by atoms with E-state index in [1.165, 1.54) is 5.56 Å². The summed E-state index contributed by atoms with van der Waals surface area (Å²) in [6, 6.07) is 5.44. The van der Waals surface area contributed by atoms with Crippen molar-refractivity contribution in [3.8, 4) is 0 Å². The summed E-state index contributed by atoms with van der Waals surface area (Å²) in [4.78, 5) is 11.8. The first-order valence-corrected chi connectivity index (χ1v) is 6.60. The van der Waals surface area contributed by atoms with Gasteiger partial charge in [-0.15, -0.1) is 0 Å². The highest BCUT2D eigenvalue weighted by atomic mass is 16.5. The summed E-state index contributed by atoms with van der Waals surface area (Å²) in [5.41, 5.74) is 9.14. The van der Waals surface area contributed by atoms with Crippen LogP contribution in [0, 0.1) is 6.92 Å². The lowest BCUT2D eigenvalue weighted by molar-refractivity contribution is -0.144. The van der Waals surface area contributed by atoms with Crippen molar-refractivity contribution in [2.45, 2.75) is 33.4 Å². The Balaban J connectivity index is 2.52. The lowest BCUT2D eigenvalue weighted by Gasteiger charge is -2.09. The van der Waals surface area contributed by atoms with Crippen molar-refractivity contribution >= 4 is 16.9 Å². The molecule has 4 nitrogen and oxygen atoms in total. The maximum atomic E-state index is 11.8. The summed E-state index contributed by atoms with van der Waals surface area (Å²) < 4.78 is 7.11. The van der Waals surface area contributed by atoms with Gasteiger partial charge in [0.2, 0.25) is 0 Å². The van der Waals surface area contributed by atoms with Gasteiger partial charge in [0.1, 0.15) is 6.04 Å². The second-order valence-electron chi connectivity index (χ2n) is 4.62. The summed E-state index contributed by atoms with van der Waals surface area (Å²) in [6.45, 7) is 7.09. The third-order valence-corrected chi connectivity index (χ3v) is 3.28. The maximum absolute atomic E-state index is 11.8.